The van der Waals surface area contributed by atoms with Gasteiger partial charge in [-0.05, 0) is 91.3 Å². The van der Waals surface area contributed by atoms with Gasteiger partial charge in [-0.25, -0.2) is 0 Å². The molecule has 0 unspecified atom stereocenters. The normalized spacial score (nSPS) is 30.3. The van der Waals surface area contributed by atoms with E-state index < -0.39 is 0 Å². The molecular formula is C28H34ClN3. The number of benzene rings is 1. The van der Waals surface area contributed by atoms with E-state index >= 15 is 0 Å². The van der Waals surface area contributed by atoms with E-state index in [1.54, 1.807) is 5.57 Å². The number of likely N-dealkylation sites (tertiary alicyclic amines) is 1. The summed E-state index contributed by atoms with van der Waals surface area (Å²) in [6, 6.07) is 10.8. The van der Waals surface area contributed by atoms with Gasteiger partial charge >= 0.3 is 0 Å². The summed E-state index contributed by atoms with van der Waals surface area (Å²) in [6.45, 7) is 8.66. The molecule has 4 heterocycles. The van der Waals surface area contributed by atoms with Crippen LogP contribution in [0.1, 0.15) is 55.0 Å². The Morgan fingerprint density at radius 1 is 1.00 bits per heavy atom. The van der Waals surface area contributed by atoms with Gasteiger partial charge in [-0.3, -0.25) is 4.98 Å². The largest absolute Gasteiger partial charge is 0.305 e. The summed E-state index contributed by atoms with van der Waals surface area (Å²) in [4.78, 5) is 10.2. The second-order valence-corrected chi connectivity index (χ2v) is 11.8. The number of aromatic nitrogens is 1. The predicted molar refractivity (Wildman–Crippen MR) is 132 cm³/mol. The SMILES string of the molecule is CN1CC2(C)CC(CN3CCC(=C4c5ccc(Cl)cc5CCc5cccnc54)CC3)(C1)C2. The molecule has 0 N–H and O–H groups in total. The van der Waals surface area contributed by atoms with Crippen LogP contribution < -0.4 is 0 Å². The Balaban J connectivity index is 1.28. The van der Waals surface area contributed by atoms with Gasteiger partial charge in [0.2, 0.25) is 0 Å². The number of pyridine rings is 1. The van der Waals surface area contributed by atoms with Gasteiger partial charge in [-0.15, -0.1) is 0 Å². The molecular weight excluding hydrogens is 414 g/mol. The Morgan fingerprint density at radius 3 is 2.56 bits per heavy atom. The van der Waals surface area contributed by atoms with Crippen LogP contribution in [0.4, 0.5) is 0 Å². The molecule has 3 aliphatic heterocycles. The van der Waals surface area contributed by atoms with Gasteiger partial charge in [0.1, 0.15) is 0 Å². The third-order valence-corrected chi connectivity index (χ3v) is 8.60. The second-order valence-electron chi connectivity index (χ2n) is 11.4. The van der Waals surface area contributed by atoms with Crippen LogP contribution in [0.3, 0.4) is 0 Å². The van der Waals surface area contributed by atoms with Gasteiger partial charge < -0.3 is 9.80 Å². The third-order valence-electron chi connectivity index (χ3n) is 8.36. The van der Waals surface area contributed by atoms with Crippen molar-refractivity contribution in [3.8, 4) is 0 Å². The van der Waals surface area contributed by atoms with Crippen molar-refractivity contribution in [2.45, 2.75) is 45.4 Å². The van der Waals surface area contributed by atoms with E-state index in [1.165, 1.54) is 73.5 Å². The highest BCUT2D eigenvalue weighted by molar-refractivity contribution is 6.30. The van der Waals surface area contributed by atoms with E-state index in [9.17, 15) is 0 Å². The first kappa shape index (κ1) is 20.9. The number of hydrogen-bond donors (Lipinski definition) is 0. The monoisotopic (exact) mass is 447 g/mol. The fourth-order valence-corrected chi connectivity index (χ4v) is 7.96. The minimum atomic E-state index is 0.534. The summed E-state index contributed by atoms with van der Waals surface area (Å²) in [5.41, 5.74) is 9.40. The van der Waals surface area contributed by atoms with Crippen molar-refractivity contribution in [3.63, 3.8) is 0 Å². The lowest BCUT2D eigenvalue weighted by molar-refractivity contribution is -0.130. The Bertz CT molecular complexity index is 1070. The highest BCUT2D eigenvalue weighted by atomic mass is 35.5. The first-order valence-corrected chi connectivity index (χ1v) is 12.7. The number of nitrogens with zero attached hydrogens (tertiary/aromatic N) is 3. The van der Waals surface area contributed by atoms with E-state index in [4.69, 9.17) is 16.6 Å². The molecule has 5 aliphatic rings. The third kappa shape index (κ3) is 3.63. The molecule has 0 radical (unpaired) electrons. The van der Waals surface area contributed by atoms with Crippen LogP contribution in [-0.2, 0) is 12.8 Å². The molecule has 1 aromatic carbocycles. The predicted octanol–water partition coefficient (Wildman–Crippen LogP) is 5.46. The zero-order valence-corrected chi connectivity index (χ0v) is 20.2. The maximum atomic E-state index is 6.38. The summed E-state index contributed by atoms with van der Waals surface area (Å²) >= 11 is 6.38. The Morgan fingerprint density at radius 2 is 1.78 bits per heavy atom. The van der Waals surface area contributed by atoms with Crippen LogP contribution in [0.5, 0.6) is 0 Å². The van der Waals surface area contributed by atoms with E-state index in [0.717, 1.165) is 30.7 Å². The van der Waals surface area contributed by atoms with Crippen molar-refractivity contribution in [3.05, 3.63) is 69.5 Å². The quantitative estimate of drug-likeness (QED) is 0.609. The highest BCUT2D eigenvalue weighted by Gasteiger charge is 2.56. The standard InChI is InChI=1S/C28H34ClN3/c1-27-15-28(16-27,18-31(2)17-27)19-32-12-9-20(10-13-32)25-24-8-7-23(29)14-22(24)6-5-21-4-3-11-30-26(21)25/h3-4,7-8,11,14H,5-6,9-10,12-13,15-19H2,1-2H3. The Labute approximate surface area is 197 Å². The molecule has 0 spiro atoms. The van der Waals surface area contributed by atoms with Gasteiger partial charge in [-0.2, -0.15) is 0 Å². The second kappa shape index (κ2) is 7.68. The molecule has 168 valence electrons. The first-order chi connectivity index (χ1) is 15.4. The number of aryl methyl sites for hydroxylation is 2. The van der Waals surface area contributed by atoms with Crippen LogP contribution >= 0.6 is 11.6 Å². The number of rotatable bonds is 2. The van der Waals surface area contributed by atoms with Crippen LogP contribution in [0.15, 0.2) is 42.1 Å². The van der Waals surface area contributed by atoms with Crippen molar-refractivity contribution in [2.75, 3.05) is 39.8 Å². The molecule has 4 fully saturated rings. The molecule has 32 heavy (non-hydrogen) atoms. The molecule has 1 saturated carbocycles. The van der Waals surface area contributed by atoms with Crippen molar-refractivity contribution < 1.29 is 0 Å². The van der Waals surface area contributed by atoms with Crippen LogP contribution in [0.25, 0.3) is 5.57 Å². The van der Waals surface area contributed by atoms with E-state index in [1.807, 2.05) is 6.20 Å². The van der Waals surface area contributed by atoms with Gasteiger partial charge in [0.15, 0.2) is 0 Å². The lowest BCUT2D eigenvalue weighted by Gasteiger charge is -2.63. The number of halogens is 1. The van der Waals surface area contributed by atoms with E-state index in [-0.39, 0.29) is 0 Å². The van der Waals surface area contributed by atoms with E-state index in [0.29, 0.717) is 10.8 Å². The zero-order valence-electron chi connectivity index (χ0n) is 19.5. The van der Waals surface area contributed by atoms with Crippen molar-refractivity contribution >= 4 is 17.2 Å². The van der Waals surface area contributed by atoms with Gasteiger partial charge in [0, 0.05) is 49.5 Å². The Kier molecular flexibility index (Phi) is 5.02. The minimum Gasteiger partial charge on any atom is -0.305 e. The lowest BCUT2D eigenvalue weighted by Crippen LogP contribution is -2.64. The molecule has 1 aromatic heterocycles. The summed E-state index contributed by atoms with van der Waals surface area (Å²) in [5, 5.41) is 0.839. The molecule has 0 atom stereocenters. The van der Waals surface area contributed by atoms with Crippen LogP contribution in [-0.4, -0.2) is 54.6 Å². The maximum Gasteiger partial charge on any atom is 0.0739 e. The van der Waals surface area contributed by atoms with Crippen LogP contribution in [0, 0.1) is 10.8 Å². The number of fused-ring (bicyclic) bond motifs is 4. The molecule has 4 heteroatoms. The minimum absolute atomic E-state index is 0.534. The van der Waals surface area contributed by atoms with Crippen molar-refractivity contribution in [1.82, 2.24) is 14.8 Å². The maximum absolute atomic E-state index is 6.38. The topological polar surface area (TPSA) is 19.4 Å². The average Bonchev–Trinajstić information content (AvgIpc) is 2.89. The van der Waals surface area contributed by atoms with Crippen molar-refractivity contribution in [1.29, 1.82) is 0 Å². The van der Waals surface area contributed by atoms with Gasteiger partial charge in [0.05, 0.1) is 5.69 Å². The zero-order chi connectivity index (χ0) is 21.9. The van der Waals surface area contributed by atoms with Crippen LogP contribution in [0.2, 0.25) is 5.02 Å². The fourth-order valence-electron chi connectivity index (χ4n) is 7.76. The average molecular weight is 448 g/mol. The summed E-state index contributed by atoms with van der Waals surface area (Å²) in [6.07, 6.45) is 9.16. The van der Waals surface area contributed by atoms with Gasteiger partial charge in [-0.1, -0.05) is 36.2 Å². The smallest absolute Gasteiger partial charge is 0.0739 e. The molecule has 3 saturated heterocycles. The molecule has 2 bridgehead atoms. The molecule has 7 rings (SSSR count). The molecule has 3 nitrogen and oxygen atoms in total. The molecule has 0 amide bonds. The molecule has 2 aliphatic carbocycles. The van der Waals surface area contributed by atoms with Crippen molar-refractivity contribution in [2.24, 2.45) is 10.8 Å². The number of hydrogen-bond acceptors (Lipinski definition) is 3. The van der Waals surface area contributed by atoms with E-state index in [2.05, 4.69) is 54.1 Å². The lowest BCUT2D eigenvalue weighted by atomic mass is 9.50. The summed E-state index contributed by atoms with van der Waals surface area (Å²) in [5.74, 6) is 0. The highest BCUT2D eigenvalue weighted by Crippen LogP contribution is 2.58. The Hall–Kier alpha value is -1.68. The fraction of sp³-hybridized carbons (Fsp3) is 0.536. The van der Waals surface area contributed by atoms with Gasteiger partial charge in [0.25, 0.3) is 0 Å². The summed E-state index contributed by atoms with van der Waals surface area (Å²) < 4.78 is 0. The number of piperidine rings is 3. The first-order valence-electron chi connectivity index (χ1n) is 12.3. The molecule has 2 aromatic rings. The summed E-state index contributed by atoms with van der Waals surface area (Å²) in [7, 11) is 2.31.